The molecule has 2 aromatic rings. The van der Waals surface area contributed by atoms with Crippen molar-refractivity contribution in [1.82, 2.24) is 19.7 Å². The van der Waals surface area contributed by atoms with Crippen molar-refractivity contribution in [3.8, 4) is 5.82 Å². The number of likely N-dealkylation sites (tertiary alicyclic amines) is 1. The Hall–Kier alpha value is -2.21. The number of carbonyl (C=O) groups is 1. The van der Waals surface area contributed by atoms with Gasteiger partial charge in [0, 0.05) is 31.0 Å². The second kappa shape index (κ2) is 6.02. The third-order valence-electron chi connectivity index (χ3n) is 4.82. The summed E-state index contributed by atoms with van der Waals surface area (Å²) in [5, 5.41) is 4.42. The molecule has 2 N–H and O–H groups in total. The number of hydrogen-bond donors (Lipinski definition) is 1. The molecule has 1 unspecified atom stereocenters. The molecule has 1 atom stereocenters. The highest BCUT2D eigenvalue weighted by Crippen LogP contribution is 2.28. The van der Waals surface area contributed by atoms with Gasteiger partial charge in [0.15, 0.2) is 5.82 Å². The highest BCUT2D eigenvalue weighted by molar-refractivity contribution is 5.94. The van der Waals surface area contributed by atoms with E-state index in [1.807, 2.05) is 36.9 Å². The third-order valence-corrected chi connectivity index (χ3v) is 4.82. The molecule has 1 aliphatic heterocycles. The van der Waals surface area contributed by atoms with E-state index in [1.165, 1.54) is 0 Å². The number of hydrogen-bond acceptors (Lipinski definition) is 4. The van der Waals surface area contributed by atoms with Gasteiger partial charge in [0.25, 0.3) is 5.91 Å². The van der Waals surface area contributed by atoms with E-state index in [0.717, 1.165) is 23.6 Å². The monoisotopic (exact) mass is 327 g/mol. The fraction of sp³-hybridized carbons (Fsp3) is 0.500. The fourth-order valence-corrected chi connectivity index (χ4v) is 3.23. The van der Waals surface area contributed by atoms with Crippen LogP contribution in [0.15, 0.2) is 24.4 Å². The summed E-state index contributed by atoms with van der Waals surface area (Å²) in [5.41, 5.74) is 8.66. The van der Waals surface area contributed by atoms with E-state index < -0.39 is 0 Å². The molecule has 1 amide bonds. The minimum Gasteiger partial charge on any atom is -0.338 e. The number of nitrogens with zero attached hydrogens (tertiary/aromatic N) is 4. The average molecular weight is 327 g/mol. The standard InChI is InChI=1S/C18H25N5O/c1-12-9-13(2)23(21-12)16-6-5-14(10-20-16)17(24)22-8-7-15(19)18(3,4)11-22/h5-6,9-10,15H,7-8,11,19H2,1-4H3. The number of carbonyl (C=O) groups excluding carboxylic acids is 1. The lowest BCUT2D eigenvalue weighted by Crippen LogP contribution is -2.54. The van der Waals surface area contributed by atoms with Gasteiger partial charge >= 0.3 is 0 Å². The van der Waals surface area contributed by atoms with Gasteiger partial charge in [-0.05, 0) is 43.9 Å². The first-order chi connectivity index (χ1) is 11.3. The molecule has 128 valence electrons. The minimum atomic E-state index is -0.0645. The van der Waals surface area contributed by atoms with Crippen molar-refractivity contribution in [3.05, 3.63) is 41.3 Å². The lowest BCUT2D eigenvalue weighted by molar-refractivity contribution is 0.0532. The van der Waals surface area contributed by atoms with Crippen LogP contribution >= 0.6 is 0 Å². The SMILES string of the molecule is Cc1cc(C)n(-c2ccc(C(=O)N3CCC(N)C(C)(C)C3)cn2)n1. The van der Waals surface area contributed by atoms with Crippen LogP contribution in [0, 0.1) is 19.3 Å². The molecule has 3 rings (SSSR count). The average Bonchev–Trinajstić information content (AvgIpc) is 2.88. The first-order valence-corrected chi connectivity index (χ1v) is 8.32. The highest BCUT2D eigenvalue weighted by Gasteiger charge is 2.35. The van der Waals surface area contributed by atoms with E-state index in [4.69, 9.17) is 5.73 Å². The first-order valence-electron chi connectivity index (χ1n) is 8.32. The van der Waals surface area contributed by atoms with Crippen LogP contribution in [0.1, 0.15) is 42.0 Å². The van der Waals surface area contributed by atoms with Crippen LogP contribution < -0.4 is 5.73 Å². The van der Waals surface area contributed by atoms with Crippen LogP contribution in [0.3, 0.4) is 0 Å². The van der Waals surface area contributed by atoms with E-state index >= 15 is 0 Å². The highest BCUT2D eigenvalue weighted by atomic mass is 16.2. The van der Waals surface area contributed by atoms with Crippen molar-refractivity contribution in [2.45, 2.75) is 40.2 Å². The molecule has 3 heterocycles. The predicted octanol–water partition coefficient (Wildman–Crippen LogP) is 2.08. The maximum atomic E-state index is 12.7. The predicted molar refractivity (Wildman–Crippen MR) is 93.1 cm³/mol. The molecule has 6 heteroatoms. The molecule has 1 fully saturated rings. The van der Waals surface area contributed by atoms with Crippen molar-refractivity contribution in [1.29, 1.82) is 0 Å². The zero-order chi connectivity index (χ0) is 17.5. The van der Waals surface area contributed by atoms with Gasteiger partial charge in [-0.1, -0.05) is 13.8 Å². The Bertz CT molecular complexity index is 747. The van der Waals surface area contributed by atoms with Crippen molar-refractivity contribution in [3.63, 3.8) is 0 Å². The Morgan fingerprint density at radius 2 is 2.08 bits per heavy atom. The molecule has 24 heavy (non-hydrogen) atoms. The maximum Gasteiger partial charge on any atom is 0.255 e. The normalized spacial score (nSPS) is 20.2. The number of aryl methyl sites for hydroxylation is 2. The number of rotatable bonds is 2. The van der Waals surface area contributed by atoms with Crippen molar-refractivity contribution >= 4 is 5.91 Å². The molecule has 2 aromatic heterocycles. The van der Waals surface area contributed by atoms with Gasteiger partial charge in [-0.3, -0.25) is 4.79 Å². The molecular formula is C18H25N5O. The van der Waals surface area contributed by atoms with Crippen LogP contribution in [0.25, 0.3) is 5.82 Å². The van der Waals surface area contributed by atoms with Crippen LogP contribution in [0.4, 0.5) is 0 Å². The van der Waals surface area contributed by atoms with E-state index in [2.05, 4.69) is 23.9 Å². The van der Waals surface area contributed by atoms with Crippen LogP contribution in [-0.4, -0.2) is 44.7 Å². The van der Waals surface area contributed by atoms with Crippen LogP contribution in [0.2, 0.25) is 0 Å². The van der Waals surface area contributed by atoms with E-state index in [9.17, 15) is 4.79 Å². The number of aromatic nitrogens is 3. The molecule has 0 radical (unpaired) electrons. The van der Waals surface area contributed by atoms with Gasteiger partial charge < -0.3 is 10.6 Å². The lowest BCUT2D eigenvalue weighted by Gasteiger charge is -2.42. The van der Waals surface area contributed by atoms with Gasteiger partial charge in [0.2, 0.25) is 0 Å². The molecular weight excluding hydrogens is 302 g/mol. The van der Waals surface area contributed by atoms with Crippen LogP contribution in [0.5, 0.6) is 0 Å². The third kappa shape index (κ3) is 3.06. The van der Waals surface area contributed by atoms with Crippen LogP contribution in [-0.2, 0) is 0 Å². The fourth-order valence-electron chi connectivity index (χ4n) is 3.23. The second-order valence-electron chi connectivity index (χ2n) is 7.35. The van der Waals surface area contributed by atoms with Gasteiger partial charge in [-0.15, -0.1) is 0 Å². The van der Waals surface area contributed by atoms with Gasteiger partial charge in [0.1, 0.15) is 0 Å². The van der Waals surface area contributed by atoms with Gasteiger partial charge in [-0.25, -0.2) is 9.67 Å². The van der Waals surface area contributed by atoms with E-state index in [-0.39, 0.29) is 17.4 Å². The Morgan fingerprint density at radius 3 is 2.62 bits per heavy atom. The van der Waals surface area contributed by atoms with E-state index in [1.54, 1.807) is 10.9 Å². The molecule has 0 aromatic carbocycles. The quantitative estimate of drug-likeness (QED) is 0.916. The zero-order valence-electron chi connectivity index (χ0n) is 14.8. The molecule has 1 aliphatic rings. The number of pyridine rings is 1. The Morgan fingerprint density at radius 1 is 1.33 bits per heavy atom. The molecule has 6 nitrogen and oxygen atoms in total. The number of nitrogens with two attached hydrogens (primary N) is 1. The molecule has 0 saturated carbocycles. The summed E-state index contributed by atoms with van der Waals surface area (Å²) in [6.07, 6.45) is 2.46. The molecule has 1 saturated heterocycles. The van der Waals surface area contributed by atoms with Gasteiger partial charge in [-0.2, -0.15) is 5.10 Å². The molecule has 0 bridgehead atoms. The van der Waals surface area contributed by atoms with Crippen molar-refractivity contribution in [2.75, 3.05) is 13.1 Å². The maximum absolute atomic E-state index is 12.7. The molecule has 0 aliphatic carbocycles. The summed E-state index contributed by atoms with van der Waals surface area (Å²) in [5.74, 6) is 0.737. The summed E-state index contributed by atoms with van der Waals surface area (Å²) in [7, 11) is 0. The smallest absolute Gasteiger partial charge is 0.255 e. The Labute approximate surface area is 142 Å². The zero-order valence-corrected chi connectivity index (χ0v) is 14.8. The molecule has 0 spiro atoms. The summed E-state index contributed by atoms with van der Waals surface area (Å²) in [4.78, 5) is 19.0. The summed E-state index contributed by atoms with van der Waals surface area (Å²) >= 11 is 0. The van der Waals surface area contributed by atoms with Crippen molar-refractivity contribution < 1.29 is 4.79 Å². The number of piperidine rings is 1. The largest absolute Gasteiger partial charge is 0.338 e. The number of amides is 1. The first kappa shape index (κ1) is 16.6. The minimum absolute atomic E-state index is 0.0161. The summed E-state index contributed by atoms with van der Waals surface area (Å²) in [6, 6.07) is 5.80. The topological polar surface area (TPSA) is 77.0 Å². The Kier molecular flexibility index (Phi) is 4.17. The van der Waals surface area contributed by atoms with E-state index in [0.29, 0.717) is 18.7 Å². The Balaban J connectivity index is 1.78. The second-order valence-corrected chi connectivity index (χ2v) is 7.35. The van der Waals surface area contributed by atoms with Crippen molar-refractivity contribution in [2.24, 2.45) is 11.1 Å². The van der Waals surface area contributed by atoms with Gasteiger partial charge in [0.05, 0.1) is 11.3 Å². The lowest BCUT2D eigenvalue weighted by atomic mass is 9.79. The summed E-state index contributed by atoms with van der Waals surface area (Å²) in [6.45, 7) is 9.53. The summed E-state index contributed by atoms with van der Waals surface area (Å²) < 4.78 is 1.78.